The zero-order valence-electron chi connectivity index (χ0n) is 9.78. The fourth-order valence-corrected chi connectivity index (χ4v) is 2.12. The summed E-state index contributed by atoms with van der Waals surface area (Å²) >= 11 is 1.53. The Kier molecular flexibility index (Phi) is 5.77. The van der Waals surface area contributed by atoms with E-state index >= 15 is 0 Å². The van der Waals surface area contributed by atoms with Crippen LogP contribution < -0.4 is 5.32 Å². The van der Waals surface area contributed by atoms with Gasteiger partial charge in [0.15, 0.2) is 0 Å². The molecule has 1 atom stereocenters. The number of carbonyl (C=O) groups is 1. The molecule has 0 aromatic heterocycles. The van der Waals surface area contributed by atoms with Gasteiger partial charge in [0, 0.05) is 11.8 Å². The maximum absolute atomic E-state index is 12.7. The van der Waals surface area contributed by atoms with Crippen molar-refractivity contribution in [2.45, 2.75) is 12.2 Å². The van der Waals surface area contributed by atoms with E-state index in [2.05, 4.69) is 11.9 Å². The summed E-state index contributed by atoms with van der Waals surface area (Å²) in [5.74, 6) is 0.144. The molecule has 0 heterocycles. The van der Waals surface area contributed by atoms with Crippen LogP contribution in [-0.2, 0) is 4.79 Å². The number of carbonyl (C=O) groups excluding carboxylic acids is 1. The second-order valence-corrected chi connectivity index (χ2v) is 4.93. The topological polar surface area (TPSA) is 29.1 Å². The fourth-order valence-electron chi connectivity index (χ4n) is 1.27. The van der Waals surface area contributed by atoms with Gasteiger partial charge in [-0.05, 0) is 24.6 Å². The van der Waals surface area contributed by atoms with Gasteiger partial charge in [0.05, 0.1) is 5.75 Å². The van der Waals surface area contributed by atoms with Crippen LogP contribution in [0.15, 0.2) is 36.9 Å². The van der Waals surface area contributed by atoms with Gasteiger partial charge in [-0.1, -0.05) is 18.2 Å². The fraction of sp³-hybridized carbons (Fsp3) is 0.308. The molecule has 92 valence electrons. The summed E-state index contributed by atoms with van der Waals surface area (Å²) < 4.78 is 12.7. The van der Waals surface area contributed by atoms with Crippen molar-refractivity contribution in [3.05, 3.63) is 48.3 Å². The van der Waals surface area contributed by atoms with E-state index in [1.165, 1.54) is 23.9 Å². The summed E-state index contributed by atoms with van der Waals surface area (Å²) in [5.41, 5.74) is 1.02. The molecule has 0 radical (unpaired) electrons. The molecule has 1 unspecified atom stereocenters. The average molecular weight is 253 g/mol. The quantitative estimate of drug-likeness (QED) is 0.790. The molecule has 0 saturated carbocycles. The van der Waals surface area contributed by atoms with Gasteiger partial charge >= 0.3 is 0 Å². The highest BCUT2D eigenvalue weighted by Crippen LogP contribution is 2.27. The minimum absolute atomic E-state index is 0.0103. The number of hydrogen-bond donors (Lipinski definition) is 1. The molecule has 0 saturated heterocycles. The molecule has 1 aromatic carbocycles. The Morgan fingerprint density at radius 2 is 2.18 bits per heavy atom. The molecule has 0 bridgehead atoms. The molecule has 0 aliphatic carbocycles. The molecule has 0 spiro atoms. The van der Waals surface area contributed by atoms with Crippen LogP contribution >= 0.6 is 11.8 Å². The van der Waals surface area contributed by atoms with E-state index in [0.717, 1.165) is 5.56 Å². The standard InChI is InChI=1S/C13H16FNOS/c1-3-8-15-13(16)9-17-10(2)11-4-6-12(14)7-5-11/h3-7,10H,1,8-9H2,2H3,(H,15,16). The maximum Gasteiger partial charge on any atom is 0.230 e. The maximum atomic E-state index is 12.7. The summed E-state index contributed by atoms with van der Waals surface area (Å²) in [4.78, 5) is 11.4. The van der Waals surface area contributed by atoms with Crippen LogP contribution in [0.3, 0.4) is 0 Å². The van der Waals surface area contributed by atoms with Crippen molar-refractivity contribution in [1.82, 2.24) is 5.32 Å². The zero-order chi connectivity index (χ0) is 12.7. The molecule has 1 aromatic rings. The highest BCUT2D eigenvalue weighted by atomic mass is 32.2. The zero-order valence-corrected chi connectivity index (χ0v) is 10.6. The van der Waals surface area contributed by atoms with Crippen LogP contribution in [0.1, 0.15) is 17.7 Å². The molecular weight excluding hydrogens is 237 g/mol. The van der Waals surface area contributed by atoms with E-state index in [-0.39, 0.29) is 17.0 Å². The van der Waals surface area contributed by atoms with E-state index in [4.69, 9.17) is 0 Å². The molecule has 4 heteroatoms. The van der Waals surface area contributed by atoms with Crippen LogP contribution in [0.25, 0.3) is 0 Å². The lowest BCUT2D eigenvalue weighted by Gasteiger charge is -2.11. The van der Waals surface area contributed by atoms with Crippen LogP contribution in [0.5, 0.6) is 0 Å². The Morgan fingerprint density at radius 1 is 1.53 bits per heavy atom. The summed E-state index contributed by atoms with van der Waals surface area (Å²) in [6.45, 7) is 6.02. The summed E-state index contributed by atoms with van der Waals surface area (Å²) in [6.07, 6.45) is 1.64. The SMILES string of the molecule is C=CCNC(=O)CSC(C)c1ccc(F)cc1. The Morgan fingerprint density at radius 3 is 2.76 bits per heavy atom. The van der Waals surface area contributed by atoms with Gasteiger partial charge in [-0.3, -0.25) is 4.79 Å². The van der Waals surface area contributed by atoms with Crippen molar-refractivity contribution in [2.24, 2.45) is 0 Å². The Bertz CT molecular complexity index is 378. The third kappa shape index (κ3) is 5.04. The number of thioether (sulfide) groups is 1. The lowest BCUT2D eigenvalue weighted by Crippen LogP contribution is -2.25. The van der Waals surface area contributed by atoms with Crippen molar-refractivity contribution in [3.8, 4) is 0 Å². The monoisotopic (exact) mass is 253 g/mol. The molecule has 1 N–H and O–H groups in total. The Labute approximate surface area is 105 Å². The number of benzene rings is 1. The predicted octanol–water partition coefficient (Wildman–Crippen LogP) is 2.92. The smallest absolute Gasteiger partial charge is 0.230 e. The first-order chi connectivity index (χ1) is 8.13. The van der Waals surface area contributed by atoms with Crippen molar-refractivity contribution in [1.29, 1.82) is 0 Å². The molecule has 0 aliphatic heterocycles. The third-order valence-corrected chi connectivity index (χ3v) is 3.45. The highest BCUT2D eigenvalue weighted by molar-refractivity contribution is 8.00. The lowest BCUT2D eigenvalue weighted by molar-refractivity contribution is -0.118. The van der Waals surface area contributed by atoms with Gasteiger partial charge in [-0.15, -0.1) is 18.3 Å². The van der Waals surface area contributed by atoms with Crippen molar-refractivity contribution < 1.29 is 9.18 Å². The minimum Gasteiger partial charge on any atom is -0.352 e. The largest absolute Gasteiger partial charge is 0.352 e. The number of hydrogen-bond acceptors (Lipinski definition) is 2. The first-order valence-corrected chi connectivity index (χ1v) is 6.43. The van der Waals surface area contributed by atoms with Crippen LogP contribution in [0.2, 0.25) is 0 Å². The van der Waals surface area contributed by atoms with Gasteiger partial charge < -0.3 is 5.32 Å². The second-order valence-electron chi connectivity index (χ2n) is 3.60. The minimum atomic E-state index is -0.241. The Hall–Kier alpha value is -1.29. The summed E-state index contributed by atoms with van der Waals surface area (Å²) in [5, 5.41) is 2.88. The van der Waals surface area contributed by atoms with Crippen molar-refractivity contribution in [3.63, 3.8) is 0 Å². The van der Waals surface area contributed by atoms with E-state index < -0.39 is 0 Å². The summed E-state index contributed by atoms with van der Waals surface area (Å²) in [7, 11) is 0. The van der Waals surface area contributed by atoms with Gasteiger partial charge in [0.2, 0.25) is 5.91 Å². The Balaban J connectivity index is 2.39. The molecule has 2 nitrogen and oxygen atoms in total. The molecule has 0 aliphatic rings. The number of amides is 1. The molecular formula is C13H16FNOS. The number of rotatable bonds is 6. The van der Waals surface area contributed by atoms with Gasteiger partial charge in [-0.2, -0.15) is 0 Å². The van der Waals surface area contributed by atoms with Crippen molar-refractivity contribution >= 4 is 17.7 Å². The predicted molar refractivity (Wildman–Crippen MR) is 70.5 cm³/mol. The molecule has 1 rings (SSSR count). The normalized spacial score (nSPS) is 11.9. The van der Waals surface area contributed by atoms with Crippen LogP contribution in [0, 0.1) is 5.82 Å². The number of halogens is 1. The molecule has 0 fully saturated rings. The third-order valence-electron chi connectivity index (χ3n) is 2.25. The first-order valence-electron chi connectivity index (χ1n) is 5.38. The van der Waals surface area contributed by atoms with Crippen molar-refractivity contribution in [2.75, 3.05) is 12.3 Å². The molecule has 1 amide bonds. The van der Waals surface area contributed by atoms with E-state index in [1.54, 1.807) is 18.2 Å². The van der Waals surface area contributed by atoms with Gasteiger partial charge in [-0.25, -0.2) is 4.39 Å². The van der Waals surface area contributed by atoms with Gasteiger partial charge in [0.25, 0.3) is 0 Å². The van der Waals surface area contributed by atoms with Gasteiger partial charge in [0.1, 0.15) is 5.82 Å². The molecule has 17 heavy (non-hydrogen) atoms. The lowest BCUT2D eigenvalue weighted by atomic mass is 10.2. The first kappa shape index (κ1) is 13.8. The highest BCUT2D eigenvalue weighted by Gasteiger charge is 2.08. The van der Waals surface area contributed by atoms with E-state index in [0.29, 0.717) is 12.3 Å². The van der Waals surface area contributed by atoms with Crippen LogP contribution in [0.4, 0.5) is 4.39 Å². The number of nitrogens with one attached hydrogen (secondary N) is 1. The summed E-state index contributed by atoms with van der Waals surface area (Å²) in [6, 6.07) is 6.36. The van der Waals surface area contributed by atoms with E-state index in [9.17, 15) is 9.18 Å². The van der Waals surface area contributed by atoms with E-state index in [1.807, 2.05) is 6.92 Å². The second kappa shape index (κ2) is 7.12. The average Bonchev–Trinajstić information content (AvgIpc) is 2.34. The van der Waals surface area contributed by atoms with Crippen LogP contribution in [-0.4, -0.2) is 18.2 Å².